The lowest BCUT2D eigenvalue weighted by molar-refractivity contribution is -0.155. The first-order valence-electron chi connectivity index (χ1n) is 7.49. The summed E-state index contributed by atoms with van der Waals surface area (Å²) in [6.07, 6.45) is 2.34. The van der Waals surface area contributed by atoms with E-state index < -0.39 is 5.41 Å². The number of carbonyl (C=O) groups excluding carboxylic acids is 1. The summed E-state index contributed by atoms with van der Waals surface area (Å²) in [5.41, 5.74) is -0.916. The molecule has 1 saturated heterocycles. The van der Waals surface area contributed by atoms with Crippen molar-refractivity contribution in [2.75, 3.05) is 19.7 Å². The fourth-order valence-corrected chi connectivity index (χ4v) is 2.97. The number of aliphatic hydroxyl groups is 1. The molecular weight excluding hydrogens is 256 g/mol. The van der Waals surface area contributed by atoms with Gasteiger partial charge in [-0.2, -0.15) is 5.26 Å². The highest BCUT2D eigenvalue weighted by Gasteiger charge is 2.42. The summed E-state index contributed by atoms with van der Waals surface area (Å²) in [5, 5.41) is 18.8. The van der Waals surface area contributed by atoms with E-state index in [1.54, 1.807) is 4.90 Å². The van der Waals surface area contributed by atoms with E-state index in [-0.39, 0.29) is 24.7 Å². The quantitative estimate of drug-likeness (QED) is 0.804. The highest BCUT2D eigenvalue weighted by atomic mass is 16.5. The van der Waals surface area contributed by atoms with E-state index in [0.29, 0.717) is 25.9 Å². The zero-order valence-electron chi connectivity index (χ0n) is 12.8. The van der Waals surface area contributed by atoms with Crippen LogP contribution in [0.15, 0.2) is 0 Å². The van der Waals surface area contributed by atoms with Crippen LogP contribution in [0.5, 0.6) is 0 Å². The maximum atomic E-state index is 12.8. The van der Waals surface area contributed by atoms with Crippen molar-refractivity contribution < 1.29 is 14.6 Å². The molecule has 0 saturated carbocycles. The van der Waals surface area contributed by atoms with Gasteiger partial charge < -0.3 is 14.7 Å². The van der Waals surface area contributed by atoms with Gasteiger partial charge in [0.2, 0.25) is 5.91 Å². The van der Waals surface area contributed by atoms with E-state index >= 15 is 0 Å². The normalized spacial score (nSPS) is 23.4. The molecule has 0 aromatic heterocycles. The molecule has 1 heterocycles. The van der Waals surface area contributed by atoms with Crippen LogP contribution < -0.4 is 0 Å². The van der Waals surface area contributed by atoms with E-state index in [9.17, 15) is 15.2 Å². The minimum atomic E-state index is -0.916. The van der Waals surface area contributed by atoms with Crippen LogP contribution in [0.4, 0.5) is 0 Å². The molecule has 5 nitrogen and oxygen atoms in total. The molecule has 20 heavy (non-hydrogen) atoms. The van der Waals surface area contributed by atoms with Crippen LogP contribution in [0.3, 0.4) is 0 Å². The van der Waals surface area contributed by atoms with Gasteiger partial charge in [0.15, 0.2) is 0 Å². The molecule has 0 bridgehead atoms. The first-order chi connectivity index (χ1) is 9.52. The topological polar surface area (TPSA) is 73.6 Å². The number of hydrogen-bond donors (Lipinski definition) is 1. The molecular formula is C15H26N2O3. The summed E-state index contributed by atoms with van der Waals surface area (Å²) in [5.74, 6) is -0.0997. The maximum absolute atomic E-state index is 12.8. The number of morpholine rings is 1. The molecule has 1 aliphatic heterocycles. The first-order valence-corrected chi connectivity index (χ1v) is 7.49. The lowest BCUT2D eigenvalue weighted by atomic mass is 9.79. The van der Waals surface area contributed by atoms with Crippen LogP contribution in [0.25, 0.3) is 0 Å². The number of ether oxygens (including phenoxy) is 1. The van der Waals surface area contributed by atoms with Crippen LogP contribution in [0.1, 0.15) is 46.5 Å². The standard InChI is InChI=1S/C15H26N2O3/c1-4-6-15(11-16,7-5-2)14(19)17-8-12(3)20-13(9-17)10-18/h12-13,18H,4-10H2,1-3H3. The molecule has 1 N–H and O–H groups in total. The minimum Gasteiger partial charge on any atom is -0.394 e. The Morgan fingerprint density at radius 3 is 2.45 bits per heavy atom. The molecule has 0 aromatic rings. The van der Waals surface area contributed by atoms with Crippen LogP contribution in [0.2, 0.25) is 0 Å². The largest absolute Gasteiger partial charge is 0.394 e. The first kappa shape index (κ1) is 16.9. The van der Waals surface area contributed by atoms with Gasteiger partial charge in [-0.3, -0.25) is 4.79 Å². The van der Waals surface area contributed by atoms with E-state index in [4.69, 9.17) is 4.74 Å². The second-order valence-corrected chi connectivity index (χ2v) is 5.66. The SMILES string of the molecule is CCCC(C#N)(CCC)C(=O)N1CC(C)OC(CO)C1. The molecule has 1 amide bonds. The van der Waals surface area contributed by atoms with Crippen LogP contribution in [0, 0.1) is 16.7 Å². The smallest absolute Gasteiger partial charge is 0.243 e. The Morgan fingerprint density at radius 1 is 1.40 bits per heavy atom. The van der Waals surface area contributed by atoms with Crippen molar-refractivity contribution in [2.45, 2.75) is 58.7 Å². The lowest BCUT2D eigenvalue weighted by Gasteiger charge is -2.40. The molecule has 1 fully saturated rings. The van der Waals surface area contributed by atoms with Crippen molar-refractivity contribution in [3.63, 3.8) is 0 Å². The Hall–Kier alpha value is -1.12. The number of carbonyl (C=O) groups is 1. The summed E-state index contributed by atoms with van der Waals surface area (Å²) in [7, 11) is 0. The molecule has 1 aliphatic rings. The summed E-state index contributed by atoms with van der Waals surface area (Å²) in [6.45, 7) is 6.63. The van der Waals surface area contributed by atoms with Crippen molar-refractivity contribution in [3.8, 4) is 6.07 Å². The summed E-state index contributed by atoms with van der Waals surface area (Å²) < 4.78 is 5.56. The van der Waals surface area contributed by atoms with E-state index in [2.05, 4.69) is 6.07 Å². The molecule has 0 spiro atoms. The van der Waals surface area contributed by atoms with Gasteiger partial charge >= 0.3 is 0 Å². The Balaban J connectivity index is 2.91. The van der Waals surface area contributed by atoms with Crippen LogP contribution >= 0.6 is 0 Å². The Bertz CT molecular complexity index is 359. The summed E-state index contributed by atoms with van der Waals surface area (Å²) in [4.78, 5) is 14.5. The molecule has 0 radical (unpaired) electrons. The van der Waals surface area contributed by atoms with E-state index in [1.807, 2.05) is 20.8 Å². The number of nitriles is 1. The number of amides is 1. The van der Waals surface area contributed by atoms with E-state index in [0.717, 1.165) is 12.8 Å². The van der Waals surface area contributed by atoms with Gasteiger partial charge in [-0.1, -0.05) is 26.7 Å². The lowest BCUT2D eigenvalue weighted by Crippen LogP contribution is -2.54. The van der Waals surface area contributed by atoms with Crippen LogP contribution in [-0.4, -0.2) is 47.8 Å². The van der Waals surface area contributed by atoms with Crippen molar-refractivity contribution in [1.82, 2.24) is 4.90 Å². The minimum absolute atomic E-state index is 0.0997. The van der Waals surface area contributed by atoms with Crippen molar-refractivity contribution in [2.24, 2.45) is 5.41 Å². The predicted molar refractivity (Wildman–Crippen MR) is 75.9 cm³/mol. The number of rotatable bonds is 6. The third-order valence-electron chi connectivity index (χ3n) is 3.79. The third-order valence-corrected chi connectivity index (χ3v) is 3.79. The number of aliphatic hydroxyl groups excluding tert-OH is 1. The Labute approximate surface area is 121 Å². The van der Waals surface area contributed by atoms with Gasteiger partial charge in [0.1, 0.15) is 5.41 Å². The van der Waals surface area contributed by atoms with Gasteiger partial charge in [-0.15, -0.1) is 0 Å². The molecule has 2 unspecified atom stereocenters. The highest BCUT2D eigenvalue weighted by Crippen LogP contribution is 2.32. The van der Waals surface area contributed by atoms with Crippen molar-refractivity contribution in [3.05, 3.63) is 0 Å². The predicted octanol–water partition coefficient (Wildman–Crippen LogP) is 1.70. The van der Waals surface area contributed by atoms with Crippen LogP contribution in [-0.2, 0) is 9.53 Å². The zero-order chi connectivity index (χ0) is 15.2. The summed E-state index contributed by atoms with van der Waals surface area (Å²) in [6, 6.07) is 2.27. The fraction of sp³-hybridized carbons (Fsp3) is 0.867. The Morgan fingerprint density at radius 2 is 2.00 bits per heavy atom. The average molecular weight is 282 g/mol. The van der Waals surface area contributed by atoms with Gasteiger partial charge in [-0.05, 0) is 19.8 Å². The molecule has 0 aromatic carbocycles. The summed E-state index contributed by atoms with van der Waals surface area (Å²) >= 11 is 0. The second-order valence-electron chi connectivity index (χ2n) is 5.66. The van der Waals surface area contributed by atoms with E-state index in [1.165, 1.54) is 0 Å². The van der Waals surface area contributed by atoms with Gasteiger partial charge in [0.05, 0.1) is 24.9 Å². The average Bonchev–Trinajstić information content (AvgIpc) is 2.45. The van der Waals surface area contributed by atoms with Gasteiger partial charge in [0, 0.05) is 13.1 Å². The monoisotopic (exact) mass is 282 g/mol. The fourth-order valence-electron chi connectivity index (χ4n) is 2.97. The molecule has 114 valence electrons. The number of hydrogen-bond acceptors (Lipinski definition) is 4. The van der Waals surface area contributed by atoms with Gasteiger partial charge in [0.25, 0.3) is 0 Å². The third kappa shape index (κ3) is 3.71. The molecule has 2 atom stereocenters. The highest BCUT2D eigenvalue weighted by molar-refractivity contribution is 5.85. The second kappa shape index (κ2) is 7.61. The molecule has 1 rings (SSSR count). The zero-order valence-corrected chi connectivity index (χ0v) is 12.8. The molecule has 5 heteroatoms. The number of nitrogens with zero attached hydrogens (tertiary/aromatic N) is 2. The van der Waals surface area contributed by atoms with Crippen molar-refractivity contribution >= 4 is 5.91 Å². The Kier molecular flexibility index (Phi) is 6.44. The van der Waals surface area contributed by atoms with Crippen molar-refractivity contribution in [1.29, 1.82) is 5.26 Å². The maximum Gasteiger partial charge on any atom is 0.243 e. The van der Waals surface area contributed by atoms with Gasteiger partial charge in [-0.25, -0.2) is 0 Å². The molecule has 0 aliphatic carbocycles.